The number of benzene rings is 1. The molecule has 0 aliphatic heterocycles. The smallest absolute Gasteiger partial charge is 0.335 e. The topological polar surface area (TPSA) is 89.4 Å². The molecule has 0 aliphatic carbocycles. The van der Waals surface area contributed by atoms with Crippen LogP contribution in [0, 0.1) is 6.92 Å². The summed E-state index contributed by atoms with van der Waals surface area (Å²) in [4.78, 5) is 10.8. The molecule has 0 unspecified atom stereocenters. The number of carboxylic acids is 1. The van der Waals surface area contributed by atoms with Gasteiger partial charge in [-0.05, 0) is 37.3 Å². The Labute approximate surface area is 113 Å². The maximum atomic E-state index is 10.8. The average molecular weight is 270 g/mol. The highest BCUT2D eigenvalue weighted by atomic mass is 16.4. The molecule has 0 saturated heterocycles. The van der Waals surface area contributed by atoms with Crippen LogP contribution >= 0.6 is 0 Å². The quantitative estimate of drug-likeness (QED) is 0.786. The summed E-state index contributed by atoms with van der Waals surface area (Å²) in [6.07, 6.45) is 1.55. The van der Waals surface area contributed by atoms with Crippen LogP contribution < -0.4 is 0 Å². The second kappa shape index (κ2) is 4.65. The van der Waals surface area contributed by atoms with E-state index in [9.17, 15) is 4.79 Å². The zero-order chi connectivity index (χ0) is 14.1. The molecule has 0 radical (unpaired) electrons. The summed E-state index contributed by atoms with van der Waals surface area (Å²) in [7, 11) is 0. The lowest BCUT2D eigenvalue weighted by atomic mass is 10.1. The van der Waals surface area contributed by atoms with Gasteiger partial charge in [0.25, 0.3) is 5.89 Å². The molecule has 0 fully saturated rings. The van der Waals surface area contributed by atoms with E-state index in [1.807, 2.05) is 6.92 Å². The number of carbonyl (C=O) groups is 1. The molecule has 3 aromatic rings. The van der Waals surface area contributed by atoms with Crippen molar-refractivity contribution in [2.75, 3.05) is 0 Å². The summed E-state index contributed by atoms with van der Waals surface area (Å²) < 4.78 is 10.8. The first-order valence-electron chi connectivity index (χ1n) is 5.87. The minimum atomic E-state index is -0.978. The van der Waals surface area contributed by atoms with Gasteiger partial charge in [-0.15, -0.1) is 10.2 Å². The molecule has 0 bridgehead atoms. The molecule has 2 aromatic heterocycles. The van der Waals surface area contributed by atoms with Gasteiger partial charge in [-0.2, -0.15) is 0 Å². The Morgan fingerprint density at radius 2 is 1.80 bits per heavy atom. The summed E-state index contributed by atoms with van der Waals surface area (Å²) in [5.41, 5.74) is 1.76. The van der Waals surface area contributed by atoms with Crippen LogP contribution in [0.2, 0.25) is 0 Å². The standard InChI is InChI=1S/C14H10N2O4/c1-8-6-7-19-11(8)13-16-15-12(20-13)9-2-4-10(5-3-9)14(17)18/h2-7H,1H3,(H,17,18). The predicted molar refractivity (Wildman–Crippen MR) is 69.1 cm³/mol. The van der Waals surface area contributed by atoms with Gasteiger partial charge < -0.3 is 13.9 Å². The van der Waals surface area contributed by atoms with Gasteiger partial charge in [0.2, 0.25) is 5.89 Å². The number of nitrogens with zero attached hydrogens (tertiary/aromatic N) is 2. The fourth-order valence-electron chi connectivity index (χ4n) is 1.78. The van der Waals surface area contributed by atoms with E-state index in [0.717, 1.165) is 5.56 Å². The third-order valence-electron chi connectivity index (χ3n) is 2.86. The van der Waals surface area contributed by atoms with Gasteiger partial charge in [0.1, 0.15) is 0 Å². The molecule has 2 heterocycles. The minimum absolute atomic E-state index is 0.204. The molecule has 20 heavy (non-hydrogen) atoms. The number of hydrogen-bond acceptors (Lipinski definition) is 5. The molecule has 6 heteroatoms. The van der Waals surface area contributed by atoms with Gasteiger partial charge in [0.05, 0.1) is 11.8 Å². The van der Waals surface area contributed by atoms with Crippen LogP contribution in [0.4, 0.5) is 0 Å². The largest absolute Gasteiger partial charge is 0.478 e. The van der Waals surface area contributed by atoms with E-state index in [0.29, 0.717) is 23.1 Å². The van der Waals surface area contributed by atoms with E-state index in [2.05, 4.69) is 10.2 Å². The summed E-state index contributed by atoms with van der Waals surface area (Å²) in [5, 5.41) is 16.7. The van der Waals surface area contributed by atoms with E-state index < -0.39 is 5.97 Å². The monoisotopic (exact) mass is 270 g/mol. The molecule has 0 spiro atoms. The van der Waals surface area contributed by atoms with Crippen LogP contribution in [0.1, 0.15) is 15.9 Å². The number of aryl methyl sites for hydroxylation is 1. The number of rotatable bonds is 3. The first-order chi connectivity index (χ1) is 9.65. The highest BCUT2D eigenvalue weighted by Gasteiger charge is 2.15. The second-order valence-electron chi connectivity index (χ2n) is 4.23. The molecule has 0 aliphatic rings. The van der Waals surface area contributed by atoms with Crippen LogP contribution in [0.5, 0.6) is 0 Å². The number of aromatic nitrogens is 2. The van der Waals surface area contributed by atoms with Gasteiger partial charge >= 0.3 is 5.97 Å². The van der Waals surface area contributed by atoms with Crippen molar-refractivity contribution in [3.05, 3.63) is 47.7 Å². The van der Waals surface area contributed by atoms with Crippen molar-refractivity contribution in [3.63, 3.8) is 0 Å². The van der Waals surface area contributed by atoms with Crippen LogP contribution in [-0.2, 0) is 0 Å². The van der Waals surface area contributed by atoms with Crippen molar-refractivity contribution in [1.29, 1.82) is 0 Å². The Morgan fingerprint density at radius 3 is 2.40 bits per heavy atom. The molecule has 100 valence electrons. The third-order valence-corrected chi connectivity index (χ3v) is 2.86. The van der Waals surface area contributed by atoms with E-state index in [1.165, 1.54) is 12.1 Å². The molecule has 1 aromatic carbocycles. The Kier molecular flexibility index (Phi) is 2.83. The fraction of sp³-hybridized carbons (Fsp3) is 0.0714. The highest BCUT2D eigenvalue weighted by Crippen LogP contribution is 2.26. The minimum Gasteiger partial charge on any atom is -0.478 e. The highest BCUT2D eigenvalue weighted by molar-refractivity contribution is 5.88. The number of carboxylic acid groups (broad SMARTS) is 1. The lowest BCUT2D eigenvalue weighted by Gasteiger charge is -1.96. The number of furan rings is 1. The molecule has 3 rings (SSSR count). The molecular formula is C14H10N2O4. The third kappa shape index (κ3) is 2.07. The normalized spacial score (nSPS) is 10.7. The van der Waals surface area contributed by atoms with Gasteiger partial charge in [0, 0.05) is 11.1 Å². The van der Waals surface area contributed by atoms with Crippen molar-refractivity contribution in [2.45, 2.75) is 6.92 Å². The van der Waals surface area contributed by atoms with Gasteiger partial charge in [-0.3, -0.25) is 0 Å². The SMILES string of the molecule is Cc1ccoc1-c1nnc(-c2ccc(C(=O)O)cc2)o1. The predicted octanol–water partition coefficient (Wildman–Crippen LogP) is 3.00. The molecule has 0 atom stereocenters. The second-order valence-corrected chi connectivity index (χ2v) is 4.23. The molecule has 1 N–H and O–H groups in total. The van der Waals surface area contributed by atoms with Gasteiger partial charge in [-0.25, -0.2) is 4.79 Å². The summed E-state index contributed by atoms with van der Waals surface area (Å²) in [6, 6.07) is 8.02. The molecular weight excluding hydrogens is 260 g/mol. The number of hydrogen-bond donors (Lipinski definition) is 1. The zero-order valence-corrected chi connectivity index (χ0v) is 10.5. The maximum Gasteiger partial charge on any atom is 0.335 e. The Morgan fingerprint density at radius 1 is 1.10 bits per heavy atom. The first-order valence-corrected chi connectivity index (χ1v) is 5.87. The van der Waals surface area contributed by atoms with Crippen LogP contribution in [0.3, 0.4) is 0 Å². The zero-order valence-electron chi connectivity index (χ0n) is 10.5. The van der Waals surface area contributed by atoms with E-state index >= 15 is 0 Å². The summed E-state index contributed by atoms with van der Waals surface area (Å²) in [6.45, 7) is 1.88. The molecule has 0 saturated carbocycles. The number of aromatic carboxylic acids is 1. The van der Waals surface area contributed by atoms with E-state index in [-0.39, 0.29) is 5.56 Å². The van der Waals surface area contributed by atoms with Crippen molar-refractivity contribution < 1.29 is 18.7 Å². The Balaban J connectivity index is 1.94. The summed E-state index contributed by atoms with van der Waals surface area (Å²) >= 11 is 0. The van der Waals surface area contributed by atoms with E-state index in [4.69, 9.17) is 13.9 Å². The summed E-state index contributed by atoms with van der Waals surface area (Å²) in [5.74, 6) is 0.164. The lowest BCUT2D eigenvalue weighted by Crippen LogP contribution is -1.94. The first kappa shape index (κ1) is 12.2. The molecule has 0 amide bonds. The van der Waals surface area contributed by atoms with Crippen LogP contribution in [0.15, 0.2) is 45.4 Å². The molecule has 6 nitrogen and oxygen atoms in total. The van der Waals surface area contributed by atoms with Crippen molar-refractivity contribution >= 4 is 5.97 Å². The van der Waals surface area contributed by atoms with Crippen LogP contribution in [-0.4, -0.2) is 21.3 Å². The van der Waals surface area contributed by atoms with Crippen LogP contribution in [0.25, 0.3) is 23.1 Å². The Hall–Kier alpha value is -2.89. The van der Waals surface area contributed by atoms with Gasteiger partial charge in [0.15, 0.2) is 5.76 Å². The maximum absolute atomic E-state index is 10.8. The van der Waals surface area contributed by atoms with Crippen molar-refractivity contribution in [2.24, 2.45) is 0 Å². The van der Waals surface area contributed by atoms with Gasteiger partial charge in [-0.1, -0.05) is 0 Å². The van der Waals surface area contributed by atoms with Crippen molar-refractivity contribution in [1.82, 2.24) is 10.2 Å². The van der Waals surface area contributed by atoms with Crippen molar-refractivity contribution in [3.8, 4) is 23.1 Å². The lowest BCUT2D eigenvalue weighted by molar-refractivity contribution is 0.0697. The Bertz CT molecular complexity index is 756. The average Bonchev–Trinajstić information content (AvgIpc) is 3.07. The fourth-order valence-corrected chi connectivity index (χ4v) is 1.78. The van der Waals surface area contributed by atoms with E-state index in [1.54, 1.807) is 24.5 Å².